The molecule has 6 nitrogen and oxygen atoms in total. The molecule has 150 valence electrons. The second-order valence-electron chi connectivity index (χ2n) is 6.33. The molecule has 0 bridgehead atoms. The number of carbonyl (C=O) groups excluding carboxylic acids is 1. The molecule has 0 aliphatic carbocycles. The van der Waals surface area contributed by atoms with Crippen LogP contribution in [0.3, 0.4) is 0 Å². The maximum absolute atomic E-state index is 12.4. The third kappa shape index (κ3) is 5.03. The highest BCUT2D eigenvalue weighted by Gasteiger charge is 2.21. The van der Waals surface area contributed by atoms with Gasteiger partial charge in [0.05, 0.1) is 7.11 Å². The summed E-state index contributed by atoms with van der Waals surface area (Å²) in [6.45, 7) is 0.143. The number of anilines is 1. The first-order valence-electron chi connectivity index (χ1n) is 9.01. The minimum absolute atomic E-state index is 0.0374. The van der Waals surface area contributed by atoms with Gasteiger partial charge in [0.25, 0.3) is 0 Å². The Morgan fingerprint density at radius 3 is 2.43 bits per heavy atom. The Morgan fingerprint density at radius 1 is 1.07 bits per heavy atom. The van der Waals surface area contributed by atoms with Crippen LogP contribution >= 0.6 is 0 Å². The number of rotatable bonds is 6. The van der Waals surface area contributed by atoms with Gasteiger partial charge in [0.2, 0.25) is 0 Å². The Kier molecular flexibility index (Phi) is 6.52. The van der Waals surface area contributed by atoms with E-state index >= 15 is 0 Å². The van der Waals surface area contributed by atoms with Crippen LogP contribution in [0, 0.1) is 0 Å². The normalized spacial score (nSPS) is 14.1. The number of nitrogens with zero attached hydrogens (tertiary/aromatic N) is 2. The van der Waals surface area contributed by atoms with Crippen molar-refractivity contribution in [1.82, 2.24) is 10.2 Å². The van der Waals surface area contributed by atoms with Crippen molar-refractivity contribution in [3.05, 3.63) is 54.1 Å². The van der Waals surface area contributed by atoms with Gasteiger partial charge < -0.3 is 24.6 Å². The van der Waals surface area contributed by atoms with E-state index in [1.807, 2.05) is 18.2 Å². The fourth-order valence-electron chi connectivity index (χ4n) is 3.11. The summed E-state index contributed by atoms with van der Waals surface area (Å²) in [5, 5.41) is 2.86. The number of carbonyl (C=O) groups is 1. The molecule has 1 fully saturated rings. The average molecular weight is 391 g/mol. The van der Waals surface area contributed by atoms with Gasteiger partial charge >= 0.3 is 12.6 Å². The molecular formula is C20H23F2N3O3. The Balaban J connectivity index is 1.51. The van der Waals surface area contributed by atoms with E-state index in [9.17, 15) is 13.6 Å². The minimum Gasteiger partial charge on any atom is -0.493 e. The van der Waals surface area contributed by atoms with E-state index < -0.39 is 6.61 Å². The minimum atomic E-state index is -2.92. The van der Waals surface area contributed by atoms with E-state index in [2.05, 4.69) is 27.1 Å². The number of ether oxygens (including phenoxy) is 2. The first-order chi connectivity index (χ1) is 13.6. The number of urea groups is 1. The number of piperazine rings is 1. The SMILES string of the molecule is COc1cc(CNC(=O)N2CCN(c3ccccc3)CC2)ccc1OC(F)F. The zero-order valence-electron chi connectivity index (χ0n) is 15.6. The monoisotopic (exact) mass is 391 g/mol. The number of hydrogen-bond acceptors (Lipinski definition) is 4. The van der Waals surface area contributed by atoms with Gasteiger partial charge in [0.1, 0.15) is 0 Å². The second-order valence-corrected chi connectivity index (χ2v) is 6.33. The summed E-state index contributed by atoms with van der Waals surface area (Å²) in [6, 6.07) is 14.5. The molecule has 1 N–H and O–H groups in total. The van der Waals surface area contributed by atoms with Crippen LogP contribution < -0.4 is 19.7 Å². The van der Waals surface area contributed by atoms with Crippen LogP contribution in [-0.4, -0.2) is 50.8 Å². The lowest BCUT2D eigenvalue weighted by molar-refractivity contribution is -0.0512. The Bertz CT molecular complexity index is 782. The van der Waals surface area contributed by atoms with E-state index in [0.717, 1.165) is 24.3 Å². The van der Waals surface area contributed by atoms with Gasteiger partial charge in [-0.3, -0.25) is 0 Å². The highest BCUT2D eigenvalue weighted by molar-refractivity contribution is 5.74. The number of hydrogen-bond donors (Lipinski definition) is 1. The number of halogens is 2. The molecule has 0 atom stereocenters. The van der Waals surface area contributed by atoms with Crippen LogP contribution in [0.2, 0.25) is 0 Å². The highest BCUT2D eigenvalue weighted by Crippen LogP contribution is 2.29. The molecule has 0 unspecified atom stereocenters. The molecule has 1 aliphatic rings. The number of para-hydroxylation sites is 1. The van der Waals surface area contributed by atoms with Crippen LogP contribution in [0.5, 0.6) is 11.5 Å². The number of amides is 2. The third-order valence-electron chi connectivity index (χ3n) is 4.58. The van der Waals surface area contributed by atoms with Gasteiger partial charge in [-0.05, 0) is 29.8 Å². The molecule has 1 heterocycles. The van der Waals surface area contributed by atoms with E-state index in [1.54, 1.807) is 17.0 Å². The van der Waals surface area contributed by atoms with Crippen molar-refractivity contribution in [1.29, 1.82) is 0 Å². The summed E-state index contributed by atoms with van der Waals surface area (Å²) in [5.74, 6) is 0.160. The number of alkyl halides is 2. The van der Waals surface area contributed by atoms with Crippen LogP contribution in [-0.2, 0) is 6.54 Å². The fourth-order valence-corrected chi connectivity index (χ4v) is 3.11. The van der Waals surface area contributed by atoms with Gasteiger partial charge in [0, 0.05) is 38.4 Å². The quantitative estimate of drug-likeness (QED) is 0.821. The third-order valence-corrected chi connectivity index (χ3v) is 4.58. The standard InChI is InChI=1S/C20H23F2N3O3/c1-27-18-13-15(7-8-17(18)28-19(21)22)14-23-20(26)25-11-9-24(10-12-25)16-5-3-2-4-6-16/h2-8,13,19H,9-12,14H2,1H3,(H,23,26). The van der Waals surface area contributed by atoms with Crippen LogP contribution in [0.1, 0.15) is 5.56 Å². The Hall–Kier alpha value is -3.03. The second kappa shape index (κ2) is 9.25. The molecule has 3 rings (SSSR count). The van der Waals surface area contributed by atoms with Gasteiger partial charge in [-0.2, -0.15) is 8.78 Å². The Labute approximate surface area is 162 Å². The van der Waals surface area contributed by atoms with E-state index in [0.29, 0.717) is 13.1 Å². The fraction of sp³-hybridized carbons (Fsp3) is 0.350. The van der Waals surface area contributed by atoms with Crippen LogP contribution in [0.15, 0.2) is 48.5 Å². The van der Waals surface area contributed by atoms with E-state index in [4.69, 9.17) is 4.74 Å². The maximum Gasteiger partial charge on any atom is 0.387 e. The number of benzene rings is 2. The summed E-state index contributed by atoms with van der Waals surface area (Å²) in [4.78, 5) is 16.4. The molecule has 2 aromatic rings. The van der Waals surface area contributed by atoms with E-state index in [-0.39, 0.29) is 24.1 Å². The van der Waals surface area contributed by atoms with Gasteiger partial charge in [-0.25, -0.2) is 4.79 Å². The van der Waals surface area contributed by atoms with Gasteiger partial charge in [-0.1, -0.05) is 24.3 Å². The van der Waals surface area contributed by atoms with Crippen LogP contribution in [0.25, 0.3) is 0 Å². The molecule has 1 saturated heterocycles. The molecule has 1 aliphatic heterocycles. The van der Waals surface area contributed by atoms with Crippen LogP contribution in [0.4, 0.5) is 19.3 Å². The topological polar surface area (TPSA) is 54.0 Å². The highest BCUT2D eigenvalue weighted by atomic mass is 19.3. The lowest BCUT2D eigenvalue weighted by Gasteiger charge is -2.36. The average Bonchev–Trinajstić information content (AvgIpc) is 2.73. The van der Waals surface area contributed by atoms with Gasteiger partial charge in [-0.15, -0.1) is 0 Å². The predicted octanol–water partition coefficient (Wildman–Crippen LogP) is 3.33. The van der Waals surface area contributed by atoms with Crippen molar-refractivity contribution in [2.75, 3.05) is 38.2 Å². The molecule has 0 aromatic heterocycles. The molecule has 28 heavy (non-hydrogen) atoms. The van der Waals surface area contributed by atoms with Crippen molar-refractivity contribution in [2.45, 2.75) is 13.2 Å². The molecule has 0 saturated carbocycles. The first-order valence-corrected chi connectivity index (χ1v) is 9.01. The largest absolute Gasteiger partial charge is 0.493 e. The molecule has 8 heteroatoms. The molecule has 2 aromatic carbocycles. The molecule has 0 spiro atoms. The van der Waals surface area contributed by atoms with Crippen molar-refractivity contribution >= 4 is 11.7 Å². The molecule has 0 radical (unpaired) electrons. The van der Waals surface area contributed by atoms with Crippen molar-refractivity contribution in [2.24, 2.45) is 0 Å². The lowest BCUT2D eigenvalue weighted by Crippen LogP contribution is -2.51. The first kappa shape index (κ1) is 19.7. The summed E-state index contributed by atoms with van der Waals surface area (Å²) >= 11 is 0. The molecule has 2 amide bonds. The summed E-state index contributed by atoms with van der Waals surface area (Å²) < 4.78 is 34.3. The predicted molar refractivity (Wildman–Crippen MR) is 102 cm³/mol. The zero-order valence-corrected chi connectivity index (χ0v) is 15.6. The van der Waals surface area contributed by atoms with E-state index in [1.165, 1.54) is 13.2 Å². The summed E-state index contributed by atoms with van der Waals surface area (Å²) in [7, 11) is 1.38. The maximum atomic E-state index is 12.4. The summed E-state index contributed by atoms with van der Waals surface area (Å²) in [5.41, 5.74) is 1.88. The smallest absolute Gasteiger partial charge is 0.387 e. The van der Waals surface area contributed by atoms with Crippen molar-refractivity contribution in [3.8, 4) is 11.5 Å². The number of nitrogens with one attached hydrogen (secondary N) is 1. The van der Waals surface area contributed by atoms with Gasteiger partial charge in [0.15, 0.2) is 11.5 Å². The summed E-state index contributed by atoms with van der Waals surface area (Å²) in [6.07, 6.45) is 0. The number of methoxy groups -OCH3 is 1. The molecular weight excluding hydrogens is 368 g/mol. The zero-order chi connectivity index (χ0) is 19.9. The lowest BCUT2D eigenvalue weighted by atomic mass is 10.2. The van der Waals surface area contributed by atoms with Crippen molar-refractivity contribution in [3.63, 3.8) is 0 Å². The Morgan fingerprint density at radius 2 is 1.79 bits per heavy atom. The van der Waals surface area contributed by atoms with Crippen molar-refractivity contribution < 1.29 is 23.0 Å².